The third-order valence-electron chi connectivity index (χ3n) is 1.03. The molecule has 1 nitrogen and oxygen atoms in total. The lowest BCUT2D eigenvalue weighted by Crippen LogP contribution is -1.78. The molecule has 1 aromatic rings. The molecule has 0 N–H and O–H groups in total. The van der Waals surface area contributed by atoms with Crippen LogP contribution in [0.3, 0.4) is 0 Å². The van der Waals surface area contributed by atoms with Crippen LogP contribution in [0.15, 0.2) is 17.3 Å². The van der Waals surface area contributed by atoms with Crippen molar-refractivity contribution in [2.75, 3.05) is 6.26 Å². The SMILES string of the molecule is CSc1cc(C)[c]cn1. The van der Waals surface area contributed by atoms with Crippen molar-refractivity contribution >= 4 is 11.8 Å². The van der Waals surface area contributed by atoms with Gasteiger partial charge in [0, 0.05) is 12.3 Å². The molecule has 0 saturated carbocycles. The van der Waals surface area contributed by atoms with Crippen LogP contribution >= 0.6 is 11.8 Å². The molecule has 0 aliphatic heterocycles. The molecule has 2 heteroatoms. The van der Waals surface area contributed by atoms with E-state index in [0.29, 0.717) is 0 Å². The number of hydrogen-bond donors (Lipinski definition) is 0. The van der Waals surface area contributed by atoms with Crippen LogP contribution in [-0.4, -0.2) is 11.2 Å². The average molecular weight is 138 g/mol. The van der Waals surface area contributed by atoms with Crippen LogP contribution in [0, 0.1) is 13.0 Å². The Hall–Kier alpha value is -0.500. The standard InChI is InChI=1S/C7H8NS/c1-6-3-4-8-7(5-6)9-2/h4-5H,1-2H3. The van der Waals surface area contributed by atoms with Crippen molar-refractivity contribution in [1.29, 1.82) is 0 Å². The van der Waals surface area contributed by atoms with Gasteiger partial charge < -0.3 is 0 Å². The highest BCUT2D eigenvalue weighted by Crippen LogP contribution is 2.10. The lowest BCUT2D eigenvalue weighted by Gasteiger charge is -1.93. The van der Waals surface area contributed by atoms with E-state index in [1.165, 1.54) is 0 Å². The van der Waals surface area contributed by atoms with Gasteiger partial charge in [0.05, 0.1) is 5.03 Å². The number of hydrogen-bond acceptors (Lipinski definition) is 2. The van der Waals surface area contributed by atoms with Crippen LogP contribution in [-0.2, 0) is 0 Å². The first kappa shape index (κ1) is 6.62. The summed E-state index contributed by atoms with van der Waals surface area (Å²) in [6.45, 7) is 2.02. The Morgan fingerprint density at radius 1 is 1.67 bits per heavy atom. The van der Waals surface area contributed by atoms with Crippen molar-refractivity contribution in [2.24, 2.45) is 0 Å². The fourth-order valence-corrected chi connectivity index (χ4v) is 1.03. The predicted octanol–water partition coefficient (Wildman–Crippen LogP) is 1.91. The van der Waals surface area contributed by atoms with Gasteiger partial charge in [0.2, 0.25) is 0 Å². The second-order valence-corrected chi connectivity index (χ2v) is 2.60. The molecule has 1 aromatic heterocycles. The van der Waals surface area contributed by atoms with E-state index in [0.717, 1.165) is 10.6 Å². The summed E-state index contributed by atoms with van der Waals surface area (Å²) in [7, 11) is 0. The van der Waals surface area contributed by atoms with Crippen molar-refractivity contribution < 1.29 is 0 Å². The minimum absolute atomic E-state index is 1.06. The third kappa shape index (κ3) is 1.72. The van der Waals surface area contributed by atoms with Crippen LogP contribution in [0.5, 0.6) is 0 Å². The minimum Gasteiger partial charge on any atom is -0.249 e. The number of pyridine rings is 1. The molecule has 1 radical (unpaired) electrons. The van der Waals surface area contributed by atoms with Gasteiger partial charge in [0.15, 0.2) is 0 Å². The highest BCUT2D eigenvalue weighted by Gasteiger charge is 1.88. The maximum absolute atomic E-state index is 4.07. The van der Waals surface area contributed by atoms with E-state index in [9.17, 15) is 0 Å². The molecule has 0 saturated heterocycles. The quantitative estimate of drug-likeness (QED) is 0.550. The molecule has 0 unspecified atom stereocenters. The summed E-state index contributed by atoms with van der Waals surface area (Å²) < 4.78 is 0. The van der Waals surface area contributed by atoms with E-state index in [2.05, 4.69) is 11.1 Å². The van der Waals surface area contributed by atoms with E-state index in [4.69, 9.17) is 0 Å². The van der Waals surface area contributed by atoms with Gasteiger partial charge in [-0.25, -0.2) is 4.98 Å². The Bertz CT molecular complexity index is 198. The van der Waals surface area contributed by atoms with Crippen LogP contribution in [0.4, 0.5) is 0 Å². The molecule has 1 heterocycles. The first-order chi connectivity index (χ1) is 4.33. The van der Waals surface area contributed by atoms with Gasteiger partial charge in [-0.05, 0) is 24.8 Å². The monoisotopic (exact) mass is 138 g/mol. The molecular formula is C7H8NS. The van der Waals surface area contributed by atoms with Gasteiger partial charge >= 0.3 is 0 Å². The highest BCUT2D eigenvalue weighted by atomic mass is 32.2. The molecule has 0 aliphatic rings. The maximum Gasteiger partial charge on any atom is 0.0960 e. The van der Waals surface area contributed by atoms with E-state index in [-0.39, 0.29) is 0 Å². The lowest BCUT2D eigenvalue weighted by atomic mass is 10.3. The summed E-state index contributed by atoms with van der Waals surface area (Å²) >= 11 is 1.65. The summed E-state index contributed by atoms with van der Waals surface area (Å²) in [5.74, 6) is 0. The fourth-order valence-electron chi connectivity index (χ4n) is 0.573. The van der Waals surface area contributed by atoms with Crippen molar-refractivity contribution in [3.05, 3.63) is 23.9 Å². The summed E-state index contributed by atoms with van der Waals surface area (Å²) in [5, 5.41) is 1.06. The van der Waals surface area contributed by atoms with Crippen molar-refractivity contribution in [2.45, 2.75) is 11.9 Å². The third-order valence-corrected chi connectivity index (χ3v) is 1.67. The van der Waals surface area contributed by atoms with Crippen molar-refractivity contribution in [3.8, 4) is 0 Å². The van der Waals surface area contributed by atoms with E-state index < -0.39 is 0 Å². The number of rotatable bonds is 1. The molecule has 47 valence electrons. The molecule has 0 aliphatic carbocycles. The number of aromatic nitrogens is 1. The normalized spacial score (nSPS) is 9.56. The van der Waals surface area contributed by atoms with Crippen LogP contribution in [0.1, 0.15) is 5.56 Å². The number of aryl methyl sites for hydroxylation is 1. The Balaban J connectivity index is 2.94. The predicted molar refractivity (Wildman–Crippen MR) is 39.6 cm³/mol. The zero-order valence-electron chi connectivity index (χ0n) is 5.51. The van der Waals surface area contributed by atoms with Crippen LogP contribution < -0.4 is 0 Å². The Morgan fingerprint density at radius 3 is 2.89 bits per heavy atom. The Morgan fingerprint density at radius 2 is 2.44 bits per heavy atom. The maximum atomic E-state index is 4.07. The minimum atomic E-state index is 1.06. The molecule has 0 aromatic carbocycles. The van der Waals surface area contributed by atoms with Gasteiger partial charge in [0.25, 0.3) is 0 Å². The van der Waals surface area contributed by atoms with E-state index in [1.807, 2.05) is 19.2 Å². The number of thioether (sulfide) groups is 1. The average Bonchev–Trinajstić information content (AvgIpc) is 1.88. The van der Waals surface area contributed by atoms with Gasteiger partial charge in [-0.3, -0.25) is 0 Å². The largest absolute Gasteiger partial charge is 0.249 e. The summed E-state index contributed by atoms with van der Waals surface area (Å²) in [5.41, 5.74) is 1.15. The summed E-state index contributed by atoms with van der Waals surface area (Å²) in [6.07, 6.45) is 3.73. The molecular weight excluding hydrogens is 130 g/mol. The zero-order valence-corrected chi connectivity index (χ0v) is 6.33. The van der Waals surface area contributed by atoms with Gasteiger partial charge in [-0.1, -0.05) is 0 Å². The van der Waals surface area contributed by atoms with Crippen molar-refractivity contribution in [3.63, 3.8) is 0 Å². The van der Waals surface area contributed by atoms with E-state index in [1.54, 1.807) is 18.0 Å². The fraction of sp³-hybridized carbons (Fsp3) is 0.286. The second kappa shape index (κ2) is 2.87. The van der Waals surface area contributed by atoms with Gasteiger partial charge in [0.1, 0.15) is 0 Å². The molecule has 0 spiro atoms. The molecule has 0 bridgehead atoms. The second-order valence-electron chi connectivity index (χ2n) is 1.77. The first-order valence-corrected chi connectivity index (χ1v) is 3.93. The van der Waals surface area contributed by atoms with E-state index >= 15 is 0 Å². The highest BCUT2D eigenvalue weighted by molar-refractivity contribution is 7.98. The Labute approximate surface area is 59.5 Å². The summed E-state index contributed by atoms with van der Waals surface area (Å²) in [4.78, 5) is 4.07. The smallest absolute Gasteiger partial charge is 0.0960 e. The molecule has 0 fully saturated rings. The van der Waals surface area contributed by atoms with Gasteiger partial charge in [-0.2, -0.15) is 0 Å². The molecule has 9 heavy (non-hydrogen) atoms. The first-order valence-electron chi connectivity index (χ1n) is 2.71. The van der Waals surface area contributed by atoms with Gasteiger partial charge in [-0.15, -0.1) is 11.8 Å². The Kier molecular flexibility index (Phi) is 2.11. The molecule has 0 amide bonds. The van der Waals surface area contributed by atoms with Crippen molar-refractivity contribution in [1.82, 2.24) is 4.98 Å². The van der Waals surface area contributed by atoms with Crippen LogP contribution in [0.25, 0.3) is 0 Å². The zero-order chi connectivity index (χ0) is 6.69. The summed E-state index contributed by atoms with van der Waals surface area (Å²) in [6, 6.07) is 5.00. The topological polar surface area (TPSA) is 12.9 Å². The van der Waals surface area contributed by atoms with Crippen LogP contribution in [0.2, 0.25) is 0 Å². The number of nitrogens with zero attached hydrogens (tertiary/aromatic N) is 1. The molecule has 0 atom stereocenters. The lowest BCUT2D eigenvalue weighted by molar-refractivity contribution is 1.11. The molecule has 1 rings (SSSR count).